The first-order valence-electron chi connectivity index (χ1n) is 7.41. The molecule has 1 aromatic heterocycles. The molecule has 0 aliphatic heterocycles. The van der Waals surface area contributed by atoms with Crippen LogP contribution in [0.3, 0.4) is 0 Å². The van der Waals surface area contributed by atoms with Crippen LogP contribution < -0.4 is 20.1 Å². The van der Waals surface area contributed by atoms with Gasteiger partial charge in [-0.15, -0.1) is 0 Å². The Labute approximate surface area is 135 Å². The average molecular weight is 315 g/mol. The van der Waals surface area contributed by atoms with E-state index in [9.17, 15) is 4.79 Å². The van der Waals surface area contributed by atoms with Crippen molar-refractivity contribution >= 4 is 17.3 Å². The van der Waals surface area contributed by atoms with Crippen LogP contribution in [0.25, 0.3) is 0 Å². The number of rotatable bonds is 7. The summed E-state index contributed by atoms with van der Waals surface area (Å²) in [6.07, 6.45) is 2.47. The number of nitrogens with zero attached hydrogens (tertiary/aromatic N) is 1. The van der Waals surface area contributed by atoms with E-state index in [4.69, 9.17) is 9.47 Å². The zero-order valence-electron chi connectivity index (χ0n) is 13.6. The summed E-state index contributed by atoms with van der Waals surface area (Å²) in [5.74, 6) is 1.20. The second-order valence-electron chi connectivity index (χ2n) is 4.88. The lowest BCUT2D eigenvalue weighted by molar-refractivity contribution is 0.0948. The van der Waals surface area contributed by atoms with Gasteiger partial charge in [-0.3, -0.25) is 9.78 Å². The summed E-state index contributed by atoms with van der Waals surface area (Å²) < 4.78 is 10.6. The highest BCUT2D eigenvalue weighted by atomic mass is 16.5. The molecule has 1 amide bonds. The van der Waals surface area contributed by atoms with Gasteiger partial charge in [-0.1, -0.05) is 6.92 Å². The molecule has 1 aromatic carbocycles. The molecule has 0 atom stereocenters. The highest BCUT2D eigenvalue weighted by Gasteiger charge is 2.09. The van der Waals surface area contributed by atoms with Crippen LogP contribution >= 0.6 is 0 Å². The Morgan fingerprint density at radius 3 is 2.70 bits per heavy atom. The van der Waals surface area contributed by atoms with Crippen molar-refractivity contribution in [2.24, 2.45) is 0 Å². The topological polar surface area (TPSA) is 72.5 Å². The highest BCUT2D eigenvalue weighted by Crippen LogP contribution is 2.31. The van der Waals surface area contributed by atoms with Crippen LogP contribution in [0.5, 0.6) is 11.5 Å². The maximum absolute atomic E-state index is 12.0. The Morgan fingerprint density at radius 1 is 1.17 bits per heavy atom. The summed E-state index contributed by atoms with van der Waals surface area (Å²) in [6.45, 7) is 2.63. The fourth-order valence-corrected chi connectivity index (χ4v) is 2.03. The second-order valence-corrected chi connectivity index (χ2v) is 4.88. The van der Waals surface area contributed by atoms with Crippen molar-refractivity contribution in [2.45, 2.75) is 13.3 Å². The van der Waals surface area contributed by atoms with Gasteiger partial charge < -0.3 is 20.1 Å². The SMILES string of the molecule is CCCNC(=O)c1cc(Nc2cc(OC)ccc2OC)ccn1. The molecule has 23 heavy (non-hydrogen) atoms. The van der Waals surface area contributed by atoms with Crippen LogP contribution in [0, 0.1) is 0 Å². The Morgan fingerprint density at radius 2 is 2.00 bits per heavy atom. The van der Waals surface area contributed by atoms with Gasteiger partial charge in [0.1, 0.15) is 17.2 Å². The molecular weight excluding hydrogens is 294 g/mol. The lowest BCUT2D eigenvalue weighted by Gasteiger charge is -2.13. The first-order valence-corrected chi connectivity index (χ1v) is 7.41. The second kappa shape index (κ2) is 8.03. The molecule has 2 rings (SSSR count). The van der Waals surface area contributed by atoms with E-state index in [1.807, 2.05) is 25.1 Å². The van der Waals surface area contributed by atoms with E-state index in [-0.39, 0.29) is 5.91 Å². The monoisotopic (exact) mass is 315 g/mol. The normalized spacial score (nSPS) is 10.0. The van der Waals surface area contributed by atoms with Crippen molar-refractivity contribution in [1.82, 2.24) is 10.3 Å². The summed E-state index contributed by atoms with van der Waals surface area (Å²) in [7, 11) is 3.21. The van der Waals surface area contributed by atoms with Crippen molar-refractivity contribution in [1.29, 1.82) is 0 Å². The van der Waals surface area contributed by atoms with Crippen LogP contribution in [0.1, 0.15) is 23.8 Å². The lowest BCUT2D eigenvalue weighted by Crippen LogP contribution is -2.24. The summed E-state index contributed by atoms with van der Waals surface area (Å²) >= 11 is 0. The Bertz CT molecular complexity index is 674. The smallest absolute Gasteiger partial charge is 0.269 e. The number of ether oxygens (including phenoxy) is 2. The van der Waals surface area contributed by atoms with Crippen LogP contribution in [-0.2, 0) is 0 Å². The van der Waals surface area contributed by atoms with Gasteiger partial charge in [-0.2, -0.15) is 0 Å². The predicted octanol–water partition coefficient (Wildman–Crippen LogP) is 2.98. The van der Waals surface area contributed by atoms with Crippen LogP contribution in [0.2, 0.25) is 0 Å². The van der Waals surface area contributed by atoms with Gasteiger partial charge in [0, 0.05) is 24.5 Å². The minimum absolute atomic E-state index is 0.187. The first kappa shape index (κ1) is 16.6. The number of methoxy groups -OCH3 is 2. The Hall–Kier alpha value is -2.76. The van der Waals surface area contributed by atoms with E-state index in [1.165, 1.54) is 0 Å². The molecular formula is C17H21N3O3. The average Bonchev–Trinajstić information content (AvgIpc) is 2.59. The van der Waals surface area contributed by atoms with Crippen LogP contribution in [-0.4, -0.2) is 31.7 Å². The molecule has 1 heterocycles. The summed E-state index contributed by atoms with van der Waals surface area (Å²) in [5, 5.41) is 6.03. The molecule has 0 bridgehead atoms. The van der Waals surface area contributed by atoms with Gasteiger partial charge in [-0.05, 0) is 30.7 Å². The van der Waals surface area contributed by atoms with Crippen LogP contribution in [0.4, 0.5) is 11.4 Å². The highest BCUT2D eigenvalue weighted by molar-refractivity contribution is 5.93. The first-order chi connectivity index (χ1) is 11.2. The summed E-state index contributed by atoms with van der Waals surface area (Å²) in [4.78, 5) is 16.1. The molecule has 0 unspecified atom stereocenters. The molecule has 6 nitrogen and oxygen atoms in total. The number of carbonyl (C=O) groups excluding carboxylic acids is 1. The largest absolute Gasteiger partial charge is 0.497 e. The molecule has 0 radical (unpaired) electrons. The van der Waals surface area contributed by atoms with Crippen molar-refractivity contribution in [3.63, 3.8) is 0 Å². The van der Waals surface area contributed by atoms with Gasteiger partial charge in [0.25, 0.3) is 5.91 Å². The number of anilines is 2. The van der Waals surface area contributed by atoms with Crippen molar-refractivity contribution < 1.29 is 14.3 Å². The van der Waals surface area contributed by atoms with E-state index in [1.54, 1.807) is 32.5 Å². The van der Waals surface area contributed by atoms with Gasteiger partial charge >= 0.3 is 0 Å². The number of benzene rings is 1. The zero-order chi connectivity index (χ0) is 16.7. The minimum Gasteiger partial charge on any atom is -0.497 e. The van der Waals surface area contributed by atoms with E-state index >= 15 is 0 Å². The number of pyridine rings is 1. The van der Waals surface area contributed by atoms with Gasteiger partial charge in [0.2, 0.25) is 0 Å². The number of hydrogen-bond donors (Lipinski definition) is 2. The fraction of sp³-hybridized carbons (Fsp3) is 0.294. The maximum atomic E-state index is 12.0. The Balaban J connectivity index is 2.22. The number of nitrogens with one attached hydrogen (secondary N) is 2. The maximum Gasteiger partial charge on any atom is 0.269 e. The van der Waals surface area contributed by atoms with Crippen molar-refractivity contribution in [3.05, 3.63) is 42.2 Å². The number of hydrogen-bond acceptors (Lipinski definition) is 5. The summed E-state index contributed by atoms with van der Waals surface area (Å²) in [6, 6.07) is 8.95. The molecule has 2 aromatic rings. The third kappa shape index (κ3) is 4.35. The van der Waals surface area contributed by atoms with E-state index < -0.39 is 0 Å². The molecule has 0 saturated heterocycles. The molecule has 0 spiro atoms. The van der Waals surface area contributed by atoms with Crippen LogP contribution in [0.15, 0.2) is 36.5 Å². The van der Waals surface area contributed by atoms with Gasteiger partial charge in [0.05, 0.1) is 19.9 Å². The molecule has 0 aliphatic carbocycles. The van der Waals surface area contributed by atoms with Crippen molar-refractivity contribution in [3.8, 4) is 11.5 Å². The quantitative estimate of drug-likeness (QED) is 0.822. The molecule has 0 aliphatic rings. The summed E-state index contributed by atoms with van der Waals surface area (Å²) in [5.41, 5.74) is 1.86. The number of amides is 1. The fourth-order valence-electron chi connectivity index (χ4n) is 2.03. The minimum atomic E-state index is -0.187. The zero-order valence-corrected chi connectivity index (χ0v) is 13.6. The van der Waals surface area contributed by atoms with E-state index in [0.29, 0.717) is 23.7 Å². The molecule has 0 fully saturated rings. The predicted molar refractivity (Wildman–Crippen MR) is 89.7 cm³/mol. The Kier molecular flexibility index (Phi) is 5.80. The number of carbonyl (C=O) groups is 1. The van der Waals surface area contributed by atoms with E-state index in [2.05, 4.69) is 15.6 Å². The van der Waals surface area contributed by atoms with Crippen molar-refractivity contribution in [2.75, 3.05) is 26.1 Å². The van der Waals surface area contributed by atoms with Gasteiger partial charge in [0.15, 0.2) is 0 Å². The van der Waals surface area contributed by atoms with Gasteiger partial charge in [-0.25, -0.2) is 0 Å². The molecule has 6 heteroatoms. The molecule has 2 N–H and O–H groups in total. The number of aromatic nitrogens is 1. The molecule has 0 saturated carbocycles. The standard InChI is InChI=1S/C17H21N3O3/c1-4-8-19-17(21)15-10-12(7-9-18-15)20-14-11-13(22-2)5-6-16(14)23-3/h5-7,9-11H,4,8H2,1-3H3,(H,18,20)(H,19,21). The lowest BCUT2D eigenvalue weighted by atomic mass is 10.2. The molecule has 122 valence electrons. The van der Waals surface area contributed by atoms with E-state index in [0.717, 1.165) is 17.8 Å². The third-order valence-electron chi connectivity index (χ3n) is 3.21. The third-order valence-corrected chi connectivity index (χ3v) is 3.21.